The Morgan fingerprint density at radius 1 is 1.14 bits per heavy atom. The molecule has 2 heterocycles. The maximum atomic E-state index is 13.2. The Morgan fingerprint density at radius 3 is 2.34 bits per heavy atom. The van der Waals surface area contributed by atoms with E-state index >= 15 is 0 Å². The summed E-state index contributed by atoms with van der Waals surface area (Å²) >= 11 is 0. The first-order valence-electron chi connectivity index (χ1n) is 9.73. The number of ether oxygens (including phenoxy) is 1. The van der Waals surface area contributed by atoms with Gasteiger partial charge in [0.15, 0.2) is 21.2 Å². The lowest BCUT2D eigenvalue weighted by atomic mass is 9.68. The van der Waals surface area contributed by atoms with Crippen LogP contribution in [0.5, 0.6) is 0 Å². The summed E-state index contributed by atoms with van der Waals surface area (Å²) in [5.74, 6) is -1.06. The van der Waals surface area contributed by atoms with Crippen LogP contribution in [0.4, 0.5) is 0 Å². The average Bonchev–Trinajstić information content (AvgIpc) is 2.79. The van der Waals surface area contributed by atoms with E-state index in [2.05, 4.69) is 0 Å². The maximum Gasteiger partial charge on any atom is 0.266 e. The third kappa shape index (κ3) is 2.99. The molecule has 7 nitrogen and oxygen atoms in total. The fourth-order valence-electron chi connectivity index (χ4n) is 5.22. The lowest BCUT2D eigenvalue weighted by Gasteiger charge is -2.46. The van der Waals surface area contributed by atoms with Crippen molar-refractivity contribution in [1.82, 2.24) is 0 Å². The van der Waals surface area contributed by atoms with Crippen molar-refractivity contribution >= 4 is 15.6 Å². The smallest absolute Gasteiger partial charge is 0.266 e. The molecule has 8 heteroatoms. The predicted molar refractivity (Wildman–Crippen MR) is 107 cm³/mol. The molecule has 2 aliphatic heterocycles. The number of hydrogen-bond acceptors (Lipinski definition) is 6. The van der Waals surface area contributed by atoms with Crippen LogP contribution < -0.4 is 0 Å². The summed E-state index contributed by atoms with van der Waals surface area (Å²) in [6.07, 6.45) is 0.739. The summed E-state index contributed by atoms with van der Waals surface area (Å²) in [4.78, 5) is 24.4. The number of carbonyl (C=O) groups excluding carboxylic acids is 1. The second-order valence-corrected chi connectivity index (χ2v) is 11.7. The highest BCUT2D eigenvalue weighted by Crippen LogP contribution is 2.55. The van der Waals surface area contributed by atoms with Crippen molar-refractivity contribution in [3.8, 4) is 0 Å². The zero-order valence-corrected chi connectivity index (χ0v) is 17.8. The van der Waals surface area contributed by atoms with Crippen molar-refractivity contribution in [1.29, 1.82) is 0 Å². The van der Waals surface area contributed by atoms with E-state index in [0.717, 1.165) is 5.56 Å². The molecule has 1 fully saturated rings. The zero-order valence-electron chi connectivity index (χ0n) is 17.0. The number of allylic oxidation sites excluding steroid dienone is 2. The molecule has 0 unspecified atom stereocenters. The molecule has 156 valence electrons. The molecule has 0 saturated carbocycles. The minimum Gasteiger partial charge on any atom is -0.483 e. The number of benzene rings is 1. The molecule has 1 aliphatic carbocycles. The van der Waals surface area contributed by atoms with Crippen LogP contribution in [0.1, 0.15) is 50.7 Å². The van der Waals surface area contributed by atoms with Gasteiger partial charge in [0.25, 0.3) is 6.04 Å². The van der Waals surface area contributed by atoms with Crippen molar-refractivity contribution in [2.75, 3.05) is 5.75 Å². The van der Waals surface area contributed by atoms with Crippen LogP contribution in [0, 0.1) is 22.5 Å². The van der Waals surface area contributed by atoms with Crippen molar-refractivity contribution in [3.05, 3.63) is 56.8 Å². The van der Waals surface area contributed by atoms with E-state index in [1.54, 1.807) is 0 Å². The molecular weight excluding hydrogens is 394 g/mol. The summed E-state index contributed by atoms with van der Waals surface area (Å²) in [6, 6.07) is 5.99. The van der Waals surface area contributed by atoms with Gasteiger partial charge in [0.1, 0.15) is 16.8 Å². The summed E-state index contributed by atoms with van der Waals surface area (Å²) in [6.45, 7) is 7.34. The van der Waals surface area contributed by atoms with Crippen molar-refractivity contribution in [3.63, 3.8) is 0 Å². The zero-order chi connectivity index (χ0) is 21.4. The third-order valence-corrected chi connectivity index (χ3v) is 8.82. The Morgan fingerprint density at radius 2 is 1.76 bits per heavy atom. The van der Waals surface area contributed by atoms with E-state index in [9.17, 15) is 23.3 Å². The molecular formula is C21H25NO6S. The minimum atomic E-state index is -3.86. The Labute approximate surface area is 170 Å². The molecule has 0 spiro atoms. The van der Waals surface area contributed by atoms with E-state index < -0.39 is 43.3 Å². The Bertz CT molecular complexity index is 1040. The highest BCUT2D eigenvalue weighted by Gasteiger charge is 2.70. The third-order valence-electron chi connectivity index (χ3n) is 6.53. The molecule has 0 aromatic heterocycles. The van der Waals surface area contributed by atoms with Gasteiger partial charge in [0.2, 0.25) is 0 Å². The molecule has 0 bridgehead atoms. The standard InChI is InChI=1S/C21H25NO6S/c1-12-5-7-13(8-6-12)17-18-14(23)9-20(2,3)10-15(18)28-21(4)16(22(24)25)11-29(26,27)19(17)21/h5-8,16-17,19H,9-11H2,1-4H3/t16-,17+,19-,21-/m1/s1. The number of fused-ring (bicyclic) bond motifs is 1. The number of aryl methyl sites for hydroxylation is 1. The average molecular weight is 419 g/mol. The van der Waals surface area contributed by atoms with Gasteiger partial charge in [-0.05, 0) is 24.8 Å². The molecule has 1 aromatic carbocycles. The highest BCUT2D eigenvalue weighted by atomic mass is 32.2. The number of rotatable bonds is 2. The van der Waals surface area contributed by atoms with E-state index in [-0.39, 0.29) is 11.2 Å². The SMILES string of the molecule is Cc1ccc([C@H]2C3=C(CC(C)(C)CC3=O)O[C@@]3(C)[C@@H]2S(=O)(=O)C[C@H]3[N+](=O)[O-])cc1. The largest absolute Gasteiger partial charge is 0.483 e. The lowest BCUT2D eigenvalue weighted by Crippen LogP contribution is -2.56. The Balaban J connectivity index is 1.99. The monoisotopic (exact) mass is 419 g/mol. The van der Waals surface area contributed by atoms with Crippen LogP contribution in [0.25, 0.3) is 0 Å². The first-order chi connectivity index (χ1) is 13.4. The van der Waals surface area contributed by atoms with E-state index in [0.29, 0.717) is 29.7 Å². The van der Waals surface area contributed by atoms with Crippen LogP contribution in [0.15, 0.2) is 35.6 Å². The fourth-order valence-corrected chi connectivity index (χ4v) is 7.94. The van der Waals surface area contributed by atoms with Gasteiger partial charge in [0.05, 0.1) is 0 Å². The number of sulfone groups is 1. The predicted octanol–water partition coefficient (Wildman–Crippen LogP) is 2.95. The lowest BCUT2D eigenvalue weighted by molar-refractivity contribution is -0.537. The topological polar surface area (TPSA) is 104 Å². The number of nitro groups is 1. The van der Waals surface area contributed by atoms with Crippen molar-refractivity contribution in [2.24, 2.45) is 5.41 Å². The van der Waals surface area contributed by atoms with Crippen LogP contribution >= 0.6 is 0 Å². The van der Waals surface area contributed by atoms with Crippen molar-refractivity contribution in [2.45, 2.75) is 63.3 Å². The molecule has 0 radical (unpaired) electrons. The van der Waals surface area contributed by atoms with Gasteiger partial charge in [-0.15, -0.1) is 0 Å². The maximum absolute atomic E-state index is 13.2. The van der Waals surface area contributed by atoms with E-state index in [1.165, 1.54) is 6.92 Å². The highest BCUT2D eigenvalue weighted by molar-refractivity contribution is 7.92. The van der Waals surface area contributed by atoms with Gasteiger partial charge >= 0.3 is 0 Å². The second-order valence-electron chi connectivity index (χ2n) is 9.50. The van der Waals surface area contributed by atoms with Crippen LogP contribution in [-0.2, 0) is 19.4 Å². The molecule has 0 N–H and O–H groups in total. The molecule has 29 heavy (non-hydrogen) atoms. The number of ketones is 1. The summed E-state index contributed by atoms with van der Waals surface area (Å²) < 4.78 is 32.4. The van der Waals surface area contributed by atoms with Gasteiger partial charge in [-0.3, -0.25) is 14.9 Å². The molecule has 4 atom stereocenters. The molecule has 1 aromatic rings. The Kier molecular flexibility index (Phi) is 4.25. The van der Waals surface area contributed by atoms with Crippen LogP contribution in [0.3, 0.4) is 0 Å². The number of carbonyl (C=O) groups is 1. The Hall–Kier alpha value is -2.22. The summed E-state index contributed by atoms with van der Waals surface area (Å²) in [7, 11) is -3.86. The summed E-state index contributed by atoms with van der Waals surface area (Å²) in [5.41, 5.74) is 0.195. The van der Waals surface area contributed by atoms with Gasteiger partial charge in [-0.2, -0.15) is 0 Å². The van der Waals surface area contributed by atoms with E-state index in [4.69, 9.17) is 4.74 Å². The molecule has 3 aliphatic rings. The van der Waals surface area contributed by atoms with Crippen molar-refractivity contribution < 1.29 is 22.9 Å². The number of nitrogens with zero attached hydrogens (tertiary/aromatic N) is 1. The van der Waals surface area contributed by atoms with Gasteiger partial charge in [0, 0.05) is 29.3 Å². The molecule has 0 amide bonds. The van der Waals surface area contributed by atoms with Gasteiger partial charge < -0.3 is 4.74 Å². The number of hydrogen-bond donors (Lipinski definition) is 0. The van der Waals surface area contributed by atoms with E-state index in [1.807, 2.05) is 45.0 Å². The summed E-state index contributed by atoms with van der Waals surface area (Å²) in [5, 5.41) is 10.6. The van der Waals surface area contributed by atoms with Gasteiger partial charge in [-0.1, -0.05) is 43.7 Å². The minimum absolute atomic E-state index is 0.136. The van der Waals surface area contributed by atoms with Crippen LogP contribution in [-0.4, -0.2) is 41.8 Å². The van der Waals surface area contributed by atoms with Gasteiger partial charge in [-0.25, -0.2) is 8.42 Å². The number of Topliss-reactive ketones (excluding diaryl/α,β-unsaturated/α-hetero) is 1. The molecule has 4 rings (SSSR count). The van der Waals surface area contributed by atoms with Crippen LogP contribution in [0.2, 0.25) is 0 Å². The normalized spacial score (nSPS) is 34.9. The molecule has 1 saturated heterocycles. The quantitative estimate of drug-likeness (QED) is 0.539. The first-order valence-corrected chi connectivity index (χ1v) is 11.4. The first kappa shape index (κ1) is 20.1. The second kappa shape index (κ2) is 6.14. The fraction of sp³-hybridized carbons (Fsp3) is 0.571.